The molecule has 10 nitrogen and oxygen atoms in total. The first-order valence-corrected chi connectivity index (χ1v) is 11.2. The number of amides is 1. The molecule has 0 aliphatic carbocycles. The van der Waals surface area contributed by atoms with Crippen molar-refractivity contribution in [3.8, 4) is 17.1 Å². The van der Waals surface area contributed by atoms with E-state index in [4.69, 9.17) is 0 Å². The molecule has 1 N–H and O–H groups in total. The molecule has 0 saturated carbocycles. The van der Waals surface area contributed by atoms with E-state index in [9.17, 15) is 9.59 Å². The van der Waals surface area contributed by atoms with E-state index in [1.165, 1.54) is 9.13 Å². The van der Waals surface area contributed by atoms with Gasteiger partial charge < -0.3 is 9.72 Å². The summed E-state index contributed by atoms with van der Waals surface area (Å²) >= 11 is 0. The van der Waals surface area contributed by atoms with Crippen LogP contribution in [0, 0.1) is 6.92 Å². The molecule has 5 heterocycles. The van der Waals surface area contributed by atoms with Crippen molar-refractivity contribution in [2.24, 2.45) is 0 Å². The van der Waals surface area contributed by atoms with Crippen LogP contribution in [0.15, 0.2) is 90.8 Å². The first kappa shape index (κ1) is 21.4. The second-order valence-corrected chi connectivity index (χ2v) is 8.30. The summed E-state index contributed by atoms with van der Waals surface area (Å²) in [5, 5.41) is 2.78. The normalized spacial score (nSPS) is 11.2. The highest BCUT2D eigenvalue weighted by Gasteiger charge is 2.19. The van der Waals surface area contributed by atoms with Gasteiger partial charge in [0, 0.05) is 18.0 Å². The average Bonchev–Trinajstić information content (AvgIpc) is 3.48. The highest BCUT2D eigenvalue weighted by Crippen LogP contribution is 2.24. The van der Waals surface area contributed by atoms with E-state index in [1.807, 2.05) is 47.9 Å². The highest BCUT2D eigenvalue weighted by atomic mass is 16.2. The monoisotopic (exact) mass is 476 g/mol. The number of anilines is 1. The van der Waals surface area contributed by atoms with E-state index < -0.39 is 0 Å². The van der Waals surface area contributed by atoms with Crippen LogP contribution in [0.5, 0.6) is 0 Å². The second-order valence-electron chi connectivity index (χ2n) is 8.30. The van der Waals surface area contributed by atoms with E-state index in [2.05, 4.69) is 25.3 Å². The van der Waals surface area contributed by atoms with Crippen molar-refractivity contribution in [2.45, 2.75) is 13.5 Å². The number of benzene rings is 1. The van der Waals surface area contributed by atoms with Gasteiger partial charge in [0.1, 0.15) is 6.54 Å². The lowest BCUT2D eigenvalue weighted by Gasteiger charge is -2.06. The van der Waals surface area contributed by atoms with Crippen molar-refractivity contribution in [3.05, 3.63) is 102 Å². The summed E-state index contributed by atoms with van der Waals surface area (Å²) < 4.78 is 4.85. The van der Waals surface area contributed by atoms with E-state index in [0.29, 0.717) is 28.2 Å². The van der Waals surface area contributed by atoms with Crippen LogP contribution in [0.2, 0.25) is 0 Å². The molecule has 1 aromatic carbocycles. The molecule has 0 fully saturated rings. The number of hydrogen-bond donors (Lipinski definition) is 1. The van der Waals surface area contributed by atoms with Gasteiger partial charge in [0.05, 0.1) is 59.0 Å². The van der Waals surface area contributed by atoms with Crippen LogP contribution < -0.4 is 11.0 Å². The number of hydrogen-bond acceptors (Lipinski definition) is 6. The Bertz CT molecular complexity index is 1780. The maximum absolute atomic E-state index is 13.6. The van der Waals surface area contributed by atoms with E-state index in [0.717, 1.165) is 16.6 Å². The van der Waals surface area contributed by atoms with Gasteiger partial charge in [0.15, 0.2) is 5.82 Å². The van der Waals surface area contributed by atoms with Crippen molar-refractivity contribution in [1.82, 2.24) is 33.5 Å². The summed E-state index contributed by atoms with van der Waals surface area (Å²) in [6.45, 7) is 1.76. The minimum Gasteiger partial charge on any atom is -0.323 e. The summed E-state index contributed by atoms with van der Waals surface area (Å²) in [4.78, 5) is 43.7. The molecule has 0 saturated heterocycles. The number of imidazole rings is 2. The molecule has 0 spiro atoms. The number of nitrogens with one attached hydrogen (secondary N) is 1. The van der Waals surface area contributed by atoms with Gasteiger partial charge in [-0.25, -0.2) is 19.3 Å². The van der Waals surface area contributed by atoms with Crippen molar-refractivity contribution >= 4 is 28.1 Å². The lowest BCUT2D eigenvalue weighted by molar-refractivity contribution is -0.116. The molecule has 6 aromatic rings. The number of aromatic nitrogens is 7. The van der Waals surface area contributed by atoms with Crippen molar-refractivity contribution in [3.63, 3.8) is 0 Å². The second kappa shape index (κ2) is 8.58. The van der Waals surface area contributed by atoms with Crippen LogP contribution in [-0.2, 0) is 11.3 Å². The van der Waals surface area contributed by atoms with E-state index in [-0.39, 0.29) is 18.1 Å². The third-order valence-corrected chi connectivity index (χ3v) is 5.99. The van der Waals surface area contributed by atoms with Crippen molar-refractivity contribution in [1.29, 1.82) is 0 Å². The summed E-state index contributed by atoms with van der Waals surface area (Å²) in [5.74, 6) is 0.0379. The number of nitrogens with zero attached hydrogens (tertiary/aromatic N) is 7. The average molecular weight is 477 g/mol. The minimum atomic E-state index is -0.374. The Balaban J connectivity index is 1.41. The Morgan fingerprint density at radius 3 is 2.67 bits per heavy atom. The third kappa shape index (κ3) is 3.61. The largest absolute Gasteiger partial charge is 0.335 e. The number of rotatable bonds is 5. The Morgan fingerprint density at radius 1 is 0.944 bits per heavy atom. The molecule has 6 rings (SSSR count). The van der Waals surface area contributed by atoms with E-state index in [1.54, 1.807) is 49.4 Å². The summed E-state index contributed by atoms with van der Waals surface area (Å²) in [6.07, 6.45) is 11.8. The SMILES string of the molecule is Cc1cccc2c1n(-c1cnc(-c3cccn4cncc34)cn1)c(=O)n2CC(=O)Nc1cccnc1. The van der Waals surface area contributed by atoms with Gasteiger partial charge in [0.2, 0.25) is 5.91 Å². The first-order valence-electron chi connectivity index (χ1n) is 11.2. The number of aryl methyl sites for hydroxylation is 1. The molecule has 5 aromatic heterocycles. The van der Waals surface area contributed by atoms with Crippen LogP contribution in [0.1, 0.15) is 5.56 Å². The van der Waals surface area contributed by atoms with Gasteiger partial charge in [-0.2, -0.15) is 0 Å². The summed E-state index contributed by atoms with van der Waals surface area (Å²) in [6, 6.07) is 12.9. The molecule has 1 amide bonds. The van der Waals surface area contributed by atoms with Crippen LogP contribution in [0.25, 0.3) is 33.6 Å². The molecule has 0 unspecified atom stereocenters. The topological polar surface area (TPSA) is 112 Å². The molecule has 0 bridgehead atoms. The fourth-order valence-corrected chi connectivity index (χ4v) is 4.36. The number of fused-ring (bicyclic) bond motifs is 2. The zero-order valence-corrected chi connectivity index (χ0v) is 19.2. The predicted molar refractivity (Wildman–Crippen MR) is 135 cm³/mol. The minimum absolute atomic E-state index is 0.157. The Hall–Kier alpha value is -5.12. The molecule has 0 aliphatic rings. The maximum Gasteiger partial charge on any atom is 0.335 e. The lowest BCUT2D eigenvalue weighted by Crippen LogP contribution is -2.29. The van der Waals surface area contributed by atoms with Gasteiger partial charge in [-0.3, -0.25) is 19.3 Å². The highest BCUT2D eigenvalue weighted by molar-refractivity contribution is 5.92. The molecule has 10 heteroatoms. The quantitative estimate of drug-likeness (QED) is 0.409. The van der Waals surface area contributed by atoms with Gasteiger partial charge >= 0.3 is 5.69 Å². The molecule has 176 valence electrons. The van der Waals surface area contributed by atoms with E-state index >= 15 is 0 Å². The van der Waals surface area contributed by atoms with Crippen LogP contribution in [0.4, 0.5) is 5.69 Å². The number of pyridine rings is 2. The third-order valence-electron chi connectivity index (χ3n) is 5.99. The molecule has 0 aliphatic heterocycles. The van der Waals surface area contributed by atoms with Crippen LogP contribution in [0.3, 0.4) is 0 Å². The maximum atomic E-state index is 13.6. The fraction of sp³-hybridized carbons (Fsp3) is 0.0769. The standard InChI is InChI=1S/C26H20N8O2/c1-17-5-2-8-21-25(17)34(26(36)33(21)15-24(35)31-18-6-3-9-27-11-18)23-14-29-20(12-30-23)19-7-4-10-32-16-28-13-22(19)32/h2-14,16H,15H2,1H3,(H,31,35). The van der Waals surface area contributed by atoms with Gasteiger partial charge in [-0.1, -0.05) is 12.1 Å². The fourth-order valence-electron chi connectivity index (χ4n) is 4.36. The van der Waals surface area contributed by atoms with Crippen molar-refractivity contribution in [2.75, 3.05) is 5.32 Å². The zero-order valence-electron chi connectivity index (χ0n) is 19.2. The number of carbonyl (C=O) groups excluding carboxylic acids is 1. The molecule has 0 radical (unpaired) electrons. The Labute approximate surface area is 204 Å². The van der Waals surface area contributed by atoms with Gasteiger partial charge in [-0.15, -0.1) is 0 Å². The van der Waals surface area contributed by atoms with Crippen LogP contribution >= 0.6 is 0 Å². The summed E-state index contributed by atoms with van der Waals surface area (Å²) in [7, 11) is 0. The number of carbonyl (C=O) groups is 1. The predicted octanol–water partition coefficient (Wildman–Crippen LogP) is 3.24. The molecular weight excluding hydrogens is 456 g/mol. The lowest BCUT2D eigenvalue weighted by atomic mass is 10.2. The smallest absolute Gasteiger partial charge is 0.323 e. The molecular formula is C26H20N8O2. The number of para-hydroxylation sites is 1. The molecule has 0 atom stereocenters. The van der Waals surface area contributed by atoms with Gasteiger partial charge in [-0.05, 0) is 42.8 Å². The van der Waals surface area contributed by atoms with Crippen LogP contribution in [-0.4, -0.2) is 39.4 Å². The summed E-state index contributed by atoms with van der Waals surface area (Å²) in [5.41, 5.74) is 4.83. The molecule has 36 heavy (non-hydrogen) atoms. The Kier molecular flexibility index (Phi) is 5.11. The van der Waals surface area contributed by atoms with Gasteiger partial charge in [0.25, 0.3) is 0 Å². The zero-order chi connectivity index (χ0) is 24.6. The van der Waals surface area contributed by atoms with Crippen molar-refractivity contribution < 1.29 is 4.79 Å². The first-order chi connectivity index (χ1) is 17.6. The Morgan fingerprint density at radius 2 is 1.86 bits per heavy atom.